The number of anilines is 2. The number of ether oxygens (including phenoxy) is 2. The van der Waals surface area contributed by atoms with E-state index in [4.69, 9.17) is 9.47 Å². The molecular formula is C21H23FN2O7. The lowest BCUT2D eigenvalue weighted by molar-refractivity contribution is -0.133. The van der Waals surface area contributed by atoms with Crippen LogP contribution in [0.15, 0.2) is 23.3 Å². The number of fused-ring (bicyclic) bond motifs is 1. The number of halogens is 1. The van der Waals surface area contributed by atoms with Crippen LogP contribution in [0.1, 0.15) is 32.6 Å². The summed E-state index contributed by atoms with van der Waals surface area (Å²) in [5.41, 5.74) is -0.268. The number of amides is 3. The molecule has 10 heteroatoms. The average molecular weight is 434 g/mol. The van der Waals surface area contributed by atoms with Gasteiger partial charge in [0.25, 0.3) is 11.8 Å². The number of benzene rings is 1. The highest BCUT2D eigenvalue weighted by molar-refractivity contribution is 6.22. The predicted molar refractivity (Wildman–Crippen MR) is 107 cm³/mol. The van der Waals surface area contributed by atoms with Gasteiger partial charge in [-0.1, -0.05) is 0 Å². The third-order valence-electron chi connectivity index (χ3n) is 5.23. The first-order chi connectivity index (χ1) is 14.8. The minimum atomic E-state index is -1.23. The lowest BCUT2D eigenvalue weighted by Crippen LogP contribution is -2.42. The van der Waals surface area contributed by atoms with Crippen molar-refractivity contribution in [3.63, 3.8) is 0 Å². The van der Waals surface area contributed by atoms with Crippen LogP contribution < -0.4 is 14.5 Å². The van der Waals surface area contributed by atoms with Crippen molar-refractivity contribution in [2.75, 3.05) is 36.7 Å². The van der Waals surface area contributed by atoms with Gasteiger partial charge in [-0.25, -0.2) is 14.1 Å². The predicted octanol–water partition coefficient (Wildman–Crippen LogP) is 2.03. The fourth-order valence-electron chi connectivity index (χ4n) is 3.74. The third-order valence-corrected chi connectivity index (χ3v) is 5.23. The van der Waals surface area contributed by atoms with Crippen molar-refractivity contribution in [1.82, 2.24) is 0 Å². The standard InChI is InChI=1S/C21H23FN2O7/c1-12(25)24(20(27)13-5-3-4-6-14(13)21(28)29)16-10-17-18(9-15(16)22)31-11-19(26)23(17)7-8-30-2/h9-10H,3-8,11H2,1-2H3,(H,28,29). The fourth-order valence-corrected chi connectivity index (χ4v) is 3.74. The van der Waals surface area contributed by atoms with Gasteiger partial charge in [-0.3, -0.25) is 14.4 Å². The summed E-state index contributed by atoms with van der Waals surface area (Å²) in [6, 6.07) is 2.20. The molecule has 2 aliphatic rings. The molecule has 1 N–H and O–H groups in total. The topological polar surface area (TPSA) is 113 Å². The maximum atomic E-state index is 15.0. The number of rotatable bonds is 6. The summed E-state index contributed by atoms with van der Waals surface area (Å²) in [5.74, 6) is -4.09. The second-order valence-electron chi connectivity index (χ2n) is 7.23. The molecule has 1 aromatic carbocycles. The lowest BCUT2D eigenvalue weighted by atomic mass is 9.90. The smallest absolute Gasteiger partial charge is 0.332 e. The zero-order valence-corrected chi connectivity index (χ0v) is 17.3. The molecule has 3 rings (SSSR count). The Kier molecular flexibility index (Phi) is 6.69. The Balaban J connectivity index is 2.09. The molecule has 31 heavy (non-hydrogen) atoms. The number of methoxy groups -OCH3 is 1. The molecular weight excluding hydrogens is 411 g/mol. The van der Waals surface area contributed by atoms with Crippen LogP contribution in [0, 0.1) is 5.82 Å². The van der Waals surface area contributed by atoms with E-state index in [0.29, 0.717) is 17.7 Å². The summed E-state index contributed by atoms with van der Waals surface area (Å²) < 4.78 is 25.3. The van der Waals surface area contributed by atoms with Gasteiger partial charge in [0.2, 0.25) is 5.91 Å². The van der Waals surface area contributed by atoms with Crippen LogP contribution in [0.4, 0.5) is 15.8 Å². The Labute approximate surface area is 178 Å². The van der Waals surface area contributed by atoms with E-state index < -0.39 is 23.6 Å². The van der Waals surface area contributed by atoms with Gasteiger partial charge >= 0.3 is 5.97 Å². The van der Waals surface area contributed by atoms with Crippen LogP contribution in [0.5, 0.6) is 5.75 Å². The molecule has 1 heterocycles. The maximum absolute atomic E-state index is 15.0. The van der Waals surface area contributed by atoms with Gasteiger partial charge in [-0.05, 0) is 31.7 Å². The summed E-state index contributed by atoms with van der Waals surface area (Å²) >= 11 is 0. The maximum Gasteiger partial charge on any atom is 0.332 e. The van der Waals surface area contributed by atoms with Gasteiger partial charge in [0.15, 0.2) is 12.4 Å². The van der Waals surface area contributed by atoms with Crippen LogP contribution in [-0.2, 0) is 23.9 Å². The van der Waals surface area contributed by atoms with E-state index in [9.17, 15) is 28.7 Å². The average Bonchev–Trinajstić information content (AvgIpc) is 2.73. The van der Waals surface area contributed by atoms with Crippen LogP contribution in [0.3, 0.4) is 0 Å². The Bertz CT molecular complexity index is 973. The molecule has 0 saturated carbocycles. The molecule has 0 atom stereocenters. The van der Waals surface area contributed by atoms with Gasteiger partial charge in [-0.2, -0.15) is 0 Å². The molecule has 0 saturated heterocycles. The molecule has 1 aliphatic carbocycles. The third kappa shape index (κ3) is 4.43. The Hall–Kier alpha value is -3.27. The van der Waals surface area contributed by atoms with E-state index in [0.717, 1.165) is 13.0 Å². The number of hydrogen-bond donors (Lipinski definition) is 1. The SMILES string of the molecule is COCCN1C(=O)COc2cc(F)c(N(C(C)=O)C(=O)C3=C(C(=O)O)CCCC3)cc21. The van der Waals surface area contributed by atoms with Crippen molar-refractivity contribution in [2.24, 2.45) is 0 Å². The van der Waals surface area contributed by atoms with Crippen molar-refractivity contribution in [2.45, 2.75) is 32.6 Å². The molecule has 1 aliphatic heterocycles. The van der Waals surface area contributed by atoms with Crippen molar-refractivity contribution < 1.29 is 38.1 Å². The number of aliphatic carboxylic acids is 1. The van der Waals surface area contributed by atoms with Gasteiger partial charge in [0.1, 0.15) is 5.75 Å². The first kappa shape index (κ1) is 22.4. The molecule has 0 fully saturated rings. The first-order valence-corrected chi connectivity index (χ1v) is 9.82. The molecule has 1 aromatic rings. The van der Waals surface area contributed by atoms with Gasteiger partial charge in [0.05, 0.1) is 18.0 Å². The van der Waals surface area contributed by atoms with Gasteiger partial charge in [-0.15, -0.1) is 0 Å². The molecule has 9 nitrogen and oxygen atoms in total. The second kappa shape index (κ2) is 9.25. The minimum Gasteiger partial charge on any atom is -0.481 e. The molecule has 166 valence electrons. The number of nitrogens with zero attached hydrogens (tertiary/aromatic N) is 2. The highest BCUT2D eigenvalue weighted by Crippen LogP contribution is 2.39. The molecule has 0 bridgehead atoms. The second-order valence-corrected chi connectivity index (χ2v) is 7.23. The molecule has 0 radical (unpaired) electrons. The monoisotopic (exact) mass is 434 g/mol. The number of imide groups is 1. The zero-order valence-electron chi connectivity index (χ0n) is 17.3. The highest BCUT2D eigenvalue weighted by Gasteiger charge is 2.34. The number of carboxylic acid groups (broad SMARTS) is 1. The van der Waals surface area contributed by atoms with E-state index in [1.165, 1.54) is 18.1 Å². The summed E-state index contributed by atoms with van der Waals surface area (Å²) in [4.78, 5) is 51.4. The summed E-state index contributed by atoms with van der Waals surface area (Å²) in [6.45, 7) is 1.19. The molecule has 0 spiro atoms. The van der Waals surface area contributed by atoms with E-state index in [2.05, 4.69) is 0 Å². The quantitative estimate of drug-likeness (QED) is 0.729. The van der Waals surface area contributed by atoms with Crippen molar-refractivity contribution in [3.05, 3.63) is 29.1 Å². The molecule has 0 unspecified atom stereocenters. The minimum absolute atomic E-state index is 0.0189. The summed E-state index contributed by atoms with van der Waals surface area (Å²) in [6.07, 6.45) is 1.57. The van der Waals surface area contributed by atoms with Crippen molar-refractivity contribution in [1.29, 1.82) is 0 Å². The summed E-state index contributed by atoms with van der Waals surface area (Å²) in [7, 11) is 1.47. The molecule has 3 amide bonds. The van der Waals surface area contributed by atoms with E-state index in [-0.39, 0.29) is 66.8 Å². The Morgan fingerprint density at radius 2 is 1.90 bits per heavy atom. The normalized spacial score (nSPS) is 16.0. The van der Waals surface area contributed by atoms with Crippen LogP contribution in [-0.4, -0.2) is 55.7 Å². The first-order valence-electron chi connectivity index (χ1n) is 9.82. The number of carbonyl (C=O) groups is 4. The lowest BCUT2D eigenvalue weighted by Gasteiger charge is -2.31. The van der Waals surface area contributed by atoms with Crippen molar-refractivity contribution in [3.8, 4) is 5.75 Å². The molecule has 0 aromatic heterocycles. The number of carboxylic acids is 1. The van der Waals surface area contributed by atoms with Gasteiger partial charge < -0.3 is 19.5 Å². The Morgan fingerprint density at radius 1 is 1.23 bits per heavy atom. The van der Waals surface area contributed by atoms with E-state index >= 15 is 0 Å². The van der Waals surface area contributed by atoms with E-state index in [1.807, 2.05) is 0 Å². The van der Waals surface area contributed by atoms with E-state index in [1.54, 1.807) is 0 Å². The zero-order chi connectivity index (χ0) is 22.7. The highest BCUT2D eigenvalue weighted by atomic mass is 19.1. The van der Waals surface area contributed by atoms with Crippen LogP contribution in [0.25, 0.3) is 0 Å². The van der Waals surface area contributed by atoms with Crippen molar-refractivity contribution >= 4 is 35.1 Å². The summed E-state index contributed by atoms with van der Waals surface area (Å²) in [5, 5.41) is 9.45. The Morgan fingerprint density at radius 3 is 2.52 bits per heavy atom. The fraction of sp³-hybridized carbons (Fsp3) is 0.429. The largest absolute Gasteiger partial charge is 0.481 e. The number of hydrogen-bond acceptors (Lipinski definition) is 6. The van der Waals surface area contributed by atoms with Gasteiger partial charge in [0, 0.05) is 37.8 Å². The van der Waals surface area contributed by atoms with Crippen LogP contribution in [0.2, 0.25) is 0 Å². The number of carbonyl (C=O) groups excluding carboxylic acids is 3. The van der Waals surface area contributed by atoms with Crippen LogP contribution >= 0.6 is 0 Å².